The maximum atomic E-state index is 12.6. The van der Waals surface area contributed by atoms with Crippen LogP contribution in [0, 0.1) is 0 Å². The average molecular weight is 387 g/mol. The first-order chi connectivity index (χ1) is 9.18. The van der Waals surface area contributed by atoms with Crippen LogP contribution in [0.25, 0.3) is 0 Å². The van der Waals surface area contributed by atoms with E-state index in [4.69, 9.17) is 0 Å². The van der Waals surface area contributed by atoms with Crippen molar-refractivity contribution in [1.29, 1.82) is 0 Å². The topological polar surface area (TPSA) is 59.1 Å². The van der Waals surface area contributed by atoms with Crippen molar-refractivity contribution >= 4 is 42.4 Å². The lowest BCUT2D eigenvalue weighted by molar-refractivity contribution is -0.137. The number of thiazole rings is 1. The lowest BCUT2D eigenvalue weighted by Gasteiger charge is -2.09. The number of alkyl halides is 3. The molecule has 0 radical (unpaired) electrons. The molecule has 0 atom stereocenters. The van der Waals surface area contributed by atoms with Crippen molar-refractivity contribution in [2.75, 3.05) is 4.72 Å². The highest BCUT2D eigenvalue weighted by molar-refractivity contribution is 9.11. The van der Waals surface area contributed by atoms with Crippen LogP contribution in [0.15, 0.2) is 39.1 Å². The normalized spacial score (nSPS) is 12.4. The molecule has 1 N–H and O–H groups in total. The first kappa shape index (κ1) is 15.3. The molecule has 0 saturated carbocycles. The number of aromatic nitrogens is 1. The first-order valence-electron chi connectivity index (χ1n) is 5.00. The van der Waals surface area contributed by atoms with Crippen LogP contribution in [0.3, 0.4) is 0 Å². The zero-order valence-electron chi connectivity index (χ0n) is 9.48. The van der Waals surface area contributed by atoms with Crippen LogP contribution in [-0.2, 0) is 16.2 Å². The third-order valence-corrected chi connectivity index (χ3v) is 5.03. The minimum Gasteiger partial charge on any atom is -0.255 e. The summed E-state index contributed by atoms with van der Waals surface area (Å²) < 4.78 is 64.3. The minimum atomic E-state index is -4.60. The van der Waals surface area contributed by atoms with E-state index in [2.05, 4.69) is 25.6 Å². The van der Waals surface area contributed by atoms with Gasteiger partial charge in [0.2, 0.25) is 0 Å². The predicted octanol–water partition coefficient (Wildman–Crippen LogP) is 3.73. The minimum absolute atomic E-state index is 0.0642. The van der Waals surface area contributed by atoms with E-state index in [0.29, 0.717) is 9.85 Å². The molecule has 0 saturated heterocycles. The number of hydrogen-bond donors (Lipinski definition) is 1. The van der Waals surface area contributed by atoms with E-state index >= 15 is 0 Å². The Bertz CT molecular complexity index is 728. The molecule has 20 heavy (non-hydrogen) atoms. The van der Waals surface area contributed by atoms with Gasteiger partial charge in [0, 0.05) is 0 Å². The first-order valence-corrected chi connectivity index (χ1v) is 8.09. The van der Waals surface area contributed by atoms with Gasteiger partial charge in [-0.05, 0) is 34.1 Å². The molecule has 0 bridgehead atoms. The van der Waals surface area contributed by atoms with Gasteiger partial charge < -0.3 is 0 Å². The second kappa shape index (κ2) is 5.34. The summed E-state index contributed by atoms with van der Waals surface area (Å²) in [7, 11) is -4.11. The molecule has 10 heteroatoms. The second-order valence-electron chi connectivity index (χ2n) is 3.60. The molecule has 2 aromatic rings. The third kappa shape index (κ3) is 3.49. The smallest absolute Gasteiger partial charge is 0.255 e. The SMILES string of the molecule is O=S(=O)(Nc1ncc(Br)s1)c1cccc(C(F)(F)F)c1. The van der Waals surface area contributed by atoms with E-state index in [1.54, 1.807) is 0 Å². The van der Waals surface area contributed by atoms with Gasteiger partial charge >= 0.3 is 6.18 Å². The molecule has 108 valence electrons. The summed E-state index contributed by atoms with van der Waals surface area (Å²) in [5.74, 6) is 0. The Morgan fingerprint density at radius 3 is 2.55 bits per heavy atom. The number of benzene rings is 1. The molecule has 2 rings (SSSR count). The van der Waals surface area contributed by atoms with E-state index in [9.17, 15) is 21.6 Å². The quantitative estimate of drug-likeness (QED) is 0.874. The molecule has 1 heterocycles. The van der Waals surface area contributed by atoms with Crippen molar-refractivity contribution in [3.8, 4) is 0 Å². The molecule has 4 nitrogen and oxygen atoms in total. The maximum absolute atomic E-state index is 12.6. The van der Waals surface area contributed by atoms with Crippen molar-refractivity contribution in [3.05, 3.63) is 39.8 Å². The number of halogens is 4. The molecule has 0 unspecified atom stereocenters. The molecule has 0 fully saturated rings. The highest BCUT2D eigenvalue weighted by atomic mass is 79.9. The Morgan fingerprint density at radius 1 is 1.30 bits per heavy atom. The Labute approximate surface area is 124 Å². The van der Waals surface area contributed by atoms with Gasteiger partial charge in [0.25, 0.3) is 10.0 Å². The zero-order valence-corrected chi connectivity index (χ0v) is 12.7. The van der Waals surface area contributed by atoms with Crippen molar-refractivity contribution < 1.29 is 21.6 Å². The monoisotopic (exact) mass is 386 g/mol. The summed E-state index contributed by atoms with van der Waals surface area (Å²) in [6.07, 6.45) is -3.22. The van der Waals surface area contributed by atoms with Gasteiger partial charge in [0.1, 0.15) is 0 Å². The molecule has 0 aliphatic rings. The van der Waals surface area contributed by atoms with Gasteiger partial charge in [0.15, 0.2) is 5.13 Å². The number of anilines is 1. The Morgan fingerprint density at radius 2 is 2.00 bits per heavy atom. The summed E-state index contributed by atoms with van der Waals surface area (Å²) >= 11 is 4.12. The maximum Gasteiger partial charge on any atom is 0.416 e. The molecular formula is C10H6BrF3N2O2S2. The number of hydrogen-bond acceptors (Lipinski definition) is 4. The fourth-order valence-corrected chi connectivity index (χ4v) is 3.71. The van der Waals surface area contributed by atoms with Crippen molar-refractivity contribution in [2.24, 2.45) is 0 Å². The Balaban J connectivity index is 2.35. The van der Waals surface area contributed by atoms with E-state index in [0.717, 1.165) is 29.5 Å². The second-order valence-corrected chi connectivity index (χ2v) is 7.69. The molecular weight excluding hydrogens is 381 g/mol. The summed E-state index contributed by atoms with van der Waals surface area (Å²) in [5, 5.41) is 0.0642. The van der Waals surface area contributed by atoms with E-state index < -0.39 is 26.7 Å². The molecule has 0 aliphatic heterocycles. The fourth-order valence-electron chi connectivity index (χ4n) is 1.32. The summed E-state index contributed by atoms with van der Waals surface area (Å²) in [4.78, 5) is 3.28. The largest absolute Gasteiger partial charge is 0.416 e. The molecule has 0 spiro atoms. The summed E-state index contributed by atoms with van der Waals surface area (Å²) in [6, 6.07) is 3.50. The highest BCUT2D eigenvalue weighted by Gasteiger charge is 2.31. The fraction of sp³-hybridized carbons (Fsp3) is 0.100. The molecule has 1 aromatic heterocycles. The number of nitrogens with one attached hydrogen (secondary N) is 1. The lowest BCUT2D eigenvalue weighted by Crippen LogP contribution is -2.14. The van der Waals surface area contributed by atoms with Crippen molar-refractivity contribution in [1.82, 2.24) is 4.98 Å². The number of nitrogens with zero attached hydrogens (tertiary/aromatic N) is 1. The third-order valence-electron chi connectivity index (χ3n) is 2.17. The van der Waals surface area contributed by atoms with E-state index in [-0.39, 0.29) is 5.13 Å². The molecule has 1 aromatic carbocycles. The van der Waals surface area contributed by atoms with Crippen LogP contribution >= 0.6 is 27.3 Å². The van der Waals surface area contributed by atoms with Crippen molar-refractivity contribution in [3.63, 3.8) is 0 Å². The van der Waals surface area contributed by atoms with Crippen LogP contribution in [-0.4, -0.2) is 13.4 Å². The lowest BCUT2D eigenvalue weighted by atomic mass is 10.2. The van der Waals surface area contributed by atoms with Gasteiger partial charge in [-0.1, -0.05) is 17.4 Å². The number of sulfonamides is 1. The standard InChI is InChI=1S/C10H6BrF3N2O2S2/c11-8-5-15-9(19-8)16-20(17,18)7-3-1-2-6(4-7)10(12,13)14/h1-5H,(H,15,16). The molecule has 0 aliphatic carbocycles. The van der Waals surface area contributed by atoms with E-state index in [1.807, 2.05) is 0 Å². The Hall–Kier alpha value is -1.13. The summed E-state index contributed by atoms with van der Waals surface area (Å²) in [6.45, 7) is 0. The van der Waals surface area contributed by atoms with Crippen LogP contribution in [0.2, 0.25) is 0 Å². The summed E-state index contributed by atoms with van der Waals surface area (Å²) in [5.41, 5.74) is -1.03. The Kier molecular flexibility index (Phi) is 4.07. The van der Waals surface area contributed by atoms with Gasteiger partial charge in [-0.15, -0.1) is 0 Å². The van der Waals surface area contributed by atoms with Crippen LogP contribution < -0.4 is 4.72 Å². The predicted molar refractivity (Wildman–Crippen MR) is 72.1 cm³/mol. The van der Waals surface area contributed by atoms with Gasteiger partial charge in [-0.2, -0.15) is 13.2 Å². The van der Waals surface area contributed by atoms with Crippen LogP contribution in [0.4, 0.5) is 18.3 Å². The van der Waals surface area contributed by atoms with Crippen LogP contribution in [0.1, 0.15) is 5.56 Å². The van der Waals surface area contributed by atoms with Crippen LogP contribution in [0.5, 0.6) is 0 Å². The van der Waals surface area contributed by atoms with Crippen molar-refractivity contribution in [2.45, 2.75) is 11.1 Å². The van der Waals surface area contributed by atoms with Gasteiger partial charge in [-0.3, -0.25) is 4.72 Å². The zero-order chi connectivity index (χ0) is 15.0. The number of rotatable bonds is 3. The van der Waals surface area contributed by atoms with Gasteiger partial charge in [0.05, 0.1) is 20.4 Å². The van der Waals surface area contributed by atoms with E-state index in [1.165, 1.54) is 6.20 Å². The van der Waals surface area contributed by atoms with Gasteiger partial charge in [-0.25, -0.2) is 13.4 Å². The average Bonchev–Trinajstić information content (AvgIpc) is 2.73. The molecule has 0 amide bonds. The highest BCUT2D eigenvalue weighted by Crippen LogP contribution is 2.31.